The van der Waals surface area contributed by atoms with Gasteiger partial charge in [-0.25, -0.2) is 0 Å². The second kappa shape index (κ2) is 5.57. The number of aryl methyl sites for hydroxylation is 1. The van der Waals surface area contributed by atoms with Crippen molar-refractivity contribution >= 4 is 11.8 Å². The zero-order valence-corrected chi connectivity index (χ0v) is 10.1. The number of hydrogen-bond donors (Lipinski definition) is 1. The Morgan fingerprint density at radius 2 is 2.07 bits per heavy atom. The molecule has 15 heavy (non-hydrogen) atoms. The van der Waals surface area contributed by atoms with Gasteiger partial charge >= 0.3 is 0 Å². The van der Waals surface area contributed by atoms with E-state index in [9.17, 15) is 0 Å². The van der Waals surface area contributed by atoms with Gasteiger partial charge in [0.1, 0.15) is 0 Å². The van der Waals surface area contributed by atoms with Crippen molar-refractivity contribution in [2.75, 3.05) is 12.3 Å². The highest BCUT2D eigenvalue weighted by atomic mass is 32.2. The van der Waals surface area contributed by atoms with Crippen molar-refractivity contribution in [3.05, 3.63) is 29.8 Å². The molecule has 0 spiro atoms. The summed E-state index contributed by atoms with van der Waals surface area (Å²) in [6.45, 7) is 3.34. The molecular formula is C13H19NS. The van der Waals surface area contributed by atoms with E-state index in [0.29, 0.717) is 0 Å². The van der Waals surface area contributed by atoms with Crippen LogP contribution in [0.15, 0.2) is 29.2 Å². The standard InChI is InChI=1S/C13H19NS/c1-11-5-7-13(8-6-11)15-10-12-4-2-3-9-14-12/h5-8,12,14H,2-4,9-10H2,1H3/t12-/m1/s1. The molecule has 0 unspecified atom stereocenters. The van der Waals surface area contributed by atoms with Gasteiger partial charge < -0.3 is 5.32 Å². The van der Waals surface area contributed by atoms with Crippen LogP contribution in [0.1, 0.15) is 24.8 Å². The number of nitrogens with one attached hydrogen (secondary N) is 1. The zero-order valence-electron chi connectivity index (χ0n) is 9.33. The quantitative estimate of drug-likeness (QED) is 0.787. The third-order valence-electron chi connectivity index (χ3n) is 2.88. The lowest BCUT2D eigenvalue weighted by Crippen LogP contribution is -2.35. The molecule has 82 valence electrons. The summed E-state index contributed by atoms with van der Waals surface area (Å²) in [5, 5.41) is 3.58. The highest BCUT2D eigenvalue weighted by Gasteiger charge is 2.12. The second-order valence-corrected chi connectivity index (χ2v) is 5.36. The summed E-state index contributed by atoms with van der Waals surface area (Å²) >= 11 is 1.97. The molecule has 0 saturated carbocycles. The zero-order chi connectivity index (χ0) is 10.5. The SMILES string of the molecule is Cc1ccc(SC[C@H]2CCCCN2)cc1. The van der Waals surface area contributed by atoms with Crippen molar-refractivity contribution in [2.24, 2.45) is 0 Å². The third-order valence-corrected chi connectivity index (χ3v) is 4.06. The van der Waals surface area contributed by atoms with Gasteiger partial charge in [-0.3, -0.25) is 0 Å². The minimum absolute atomic E-state index is 0.727. The van der Waals surface area contributed by atoms with Gasteiger partial charge in [0.15, 0.2) is 0 Å². The Balaban J connectivity index is 1.79. The molecule has 1 aromatic rings. The van der Waals surface area contributed by atoms with Crippen molar-refractivity contribution in [3.63, 3.8) is 0 Å². The lowest BCUT2D eigenvalue weighted by molar-refractivity contribution is 0.430. The monoisotopic (exact) mass is 221 g/mol. The van der Waals surface area contributed by atoms with E-state index < -0.39 is 0 Å². The molecule has 1 heterocycles. The summed E-state index contributed by atoms with van der Waals surface area (Å²) in [7, 11) is 0. The van der Waals surface area contributed by atoms with E-state index in [1.807, 2.05) is 11.8 Å². The van der Waals surface area contributed by atoms with Crippen LogP contribution in [0.5, 0.6) is 0 Å². The minimum Gasteiger partial charge on any atom is -0.313 e. The van der Waals surface area contributed by atoms with Crippen molar-refractivity contribution in [1.82, 2.24) is 5.32 Å². The summed E-state index contributed by atoms with van der Waals surface area (Å²) in [4.78, 5) is 1.40. The molecular weight excluding hydrogens is 202 g/mol. The Kier molecular flexibility index (Phi) is 4.09. The molecule has 2 heteroatoms. The van der Waals surface area contributed by atoms with Gasteiger partial charge in [0.2, 0.25) is 0 Å². The van der Waals surface area contributed by atoms with Gasteiger partial charge in [-0.05, 0) is 38.4 Å². The Bertz CT molecular complexity index is 288. The first-order valence-corrected chi connectivity index (χ1v) is 6.76. The maximum Gasteiger partial charge on any atom is 0.0161 e. The van der Waals surface area contributed by atoms with Crippen LogP contribution in [-0.2, 0) is 0 Å². The highest BCUT2D eigenvalue weighted by Crippen LogP contribution is 2.21. The average Bonchev–Trinajstić information content (AvgIpc) is 2.30. The Morgan fingerprint density at radius 3 is 2.73 bits per heavy atom. The van der Waals surface area contributed by atoms with Crippen LogP contribution >= 0.6 is 11.8 Å². The molecule has 1 atom stereocenters. The largest absolute Gasteiger partial charge is 0.313 e. The van der Waals surface area contributed by atoms with E-state index >= 15 is 0 Å². The van der Waals surface area contributed by atoms with Crippen LogP contribution in [0.3, 0.4) is 0 Å². The van der Waals surface area contributed by atoms with Crippen LogP contribution in [0.25, 0.3) is 0 Å². The van der Waals surface area contributed by atoms with E-state index in [4.69, 9.17) is 0 Å². The Labute approximate surface area is 96.7 Å². The Morgan fingerprint density at radius 1 is 1.27 bits per heavy atom. The first-order chi connectivity index (χ1) is 7.34. The van der Waals surface area contributed by atoms with Crippen LogP contribution < -0.4 is 5.32 Å². The highest BCUT2D eigenvalue weighted by molar-refractivity contribution is 7.99. The predicted octanol–water partition coefficient (Wildman–Crippen LogP) is 3.23. The molecule has 1 aliphatic heterocycles. The molecule has 0 amide bonds. The fourth-order valence-corrected chi connectivity index (χ4v) is 2.90. The molecule has 1 saturated heterocycles. The summed E-state index contributed by atoms with van der Waals surface area (Å²) in [5.74, 6) is 1.21. The molecule has 0 aliphatic carbocycles. The summed E-state index contributed by atoms with van der Waals surface area (Å²) in [6.07, 6.45) is 4.09. The molecule has 1 nitrogen and oxygen atoms in total. The van der Waals surface area contributed by atoms with Gasteiger partial charge in [0.25, 0.3) is 0 Å². The van der Waals surface area contributed by atoms with E-state index in [1.54, 1.807) is 0 Å². The minimum atomic E-state index is 0.727. The fraction of sp³-hybridized carbons (Fsp3) is 0.538. The van der Waals surface area contributed by atoms with Crippen molar-refractivity contribution in [3.8, 4) is 0 Å². The lowest BCUT2D eigenvalue weighted by Gasteiger charge is -2.22. The van der Waals surface area contributed by atoms with Gasteiger partial charge in [0, 0.05) is 16.7 Å². The van der Waals surface area contributed by atoms with Crippen molar-refractivity contribution in [2.45, 2.75) is 37.1 Å². The molecule has 1 aliphatic rings. The lowest BCUT2D eigenvalue weighted by atomic mass is 10.1. The van der Waals surface area contributed by atoms with Gasteiger partial charge in [0.05, 0.1) is 0 Å². The molecule has 2 rings (SSSR count). The smallest absolute Gasteiger partial charge is 0.0161 e. The van der Waals surface area contributed by atoms with E-state index in [1.165, 1.54) is 42.0 Å². The van der Waals surface area contributed by atoms with Crippen molar-refractivity contribution < 1.29 is 0 Å². The normalized spacial score (nSPS) is 21.5. The van der Waals surface area contributed by atoms with E-state index in [2.05, 4.69) is 36.5 Å². The number of rotatable bonds is 3. The molecule has 1 N–H and O–H groups in total. The second-order valence-electron chi connectivity index (χ2n) is 4.27. The van der Waals surface area contributed by atoms with Crippen LogP contribution in [-0.4, -0.2) is 18.3 Å². The summed E-state index contributed by atoms with van der Waals surface area (Å²) in [6, 6.07) is 9.56. The van der Waals surface area contributed by atoms with Crippen LogP contribution in [0, 0.1) is 6.92 Å². The first-order valence-electron chi connectivity index (χ1n) is 5.77. The third kappa shape index (κ3) is 3.54. The van der Waals surface area contributed by atoms with Crippen molar-refractivity contribution in [1.29, 1.82) is 0 Å². The maximum atomic E-state index is 3.58. The van der Waals surface area contributed by atoms with Gasteiger partial charge in [-0.2, -0.15) is 0 Å². The molecule has 0 aromatic heterocycles. The van der Waals surface area contributed by atoms with E-state index in [0.717, 1.165) is 6.04 Å². The predicted molar refractivity (Wildman–Crippen MR) is 67.5 cm³/mol. The topological polar surface area (TPSA) is 12.0 Å². The first kappa shape index (κ1) is 11.0. The molecule has 1 fully saturated rings. The number of thioether (sulfide) groups is 1. The molecule has 0 radical (unpaired) electrons. The number of hydrogen-bond acceptors (Lipinski definition) is 2. The van der Waals surface area contributed by atoms with Crippen LogP contribution in [0.2, 0.25) is 0 Å². The Hall–Kier alpha value is -0.470. The average molecular weight is 221 g/mol. The number of piperidine rings is 1. The van der Waals surface area contributed by atoms with Gasteiger partial charge in [-0.1, -0.05) is 24.1 Å². The fourth-order valence-electron chi connectivity index (χ4n) is 1.90. The summed E-state index contributed by atoms with van der Waals surface area (Å²) < 4.78 is 0. The van der Waals surface area contributed by atoms with Gasteiger partial charge in [-0.15, -0.1) is 11.8 Å². The molecule has 0 bridgehead atoms. The van der Waals surface area contributed by atoms with Crippen LogP contribution in [0.4, 0.5) is 0 Å². The summed E-state index contributed by atoms with van der Waals surface area (Å²) in [5.41, 5.74) is 1.34. The maximum absolute atomic E-state index is 3.58. The number of benzene rings is 1. The van der Waals surface area contributed by atoms with E-state index in [-0.39, 0.29) is 0 Å². The molecule has 1 aromatic carbocycles.